The van der Waals surface area contributed by atoms with Gasteiger partial charge in [-0.3, -0.25) is 0 Å². The van der Waals surface area contributed by atoms with Crippen molar-refractivity contribution < 1.29 is 9.13 Å². The van der Waals surface area contributed by atoms with Gasteiger partial charge in [-0.1, -0.05) is 0 Å². The van der Waals surface area contributed by atoms with Crippen LogP contribution in [0.4, 0.5) is 16.2 Å². The van der Waals surface area contributed by atoms with Crippen LogP contribution in [0.5, 0.6) is 0 Å². The third-order valence-electron chi connectivity index (χ3n) is 3.22. The zero-order valence-electron chi connectivity index (χ0n) is 11.1. The molecule has 0 spiro atoms. The maximum atomic E-state index is 14.6. The summed E-state index contributed by atoms with van der Waals surface area (Å²) in [5.41, 5.74) is 9.54. The third-order valence-corrected chi connectivity index (χ3v) is 3.22. The van der Waals surface area contributed by atoms with Gasteiger partial charge < -0.3 is 21.1 Å². The van der Waals surface area contributed by atoms with Crippen molar-refractivity contribution in [2.24, 2.45) is 5.73 Å². The quantitative estimate of drug-likeness (QED) is 0.819. The highest BCUT2D eigenvalue weighted by atomic mass is 19.1. The maximum Gasteiger partial charge on any atom is 0.227 e. The number of piperidine rings is 1. The number of anilines is 2. The topological polar surface area (TPSA) is 90.3 Å². The molecule has 6 nitrogen and oxygen atoms in total. The molecule has 0 saturated carbocycles. The van der Waals surface area contributed by atoms with Crippen molar-refractivity contribution in [2.75, 3.05) is 36.9 Å². The van der Waals surface area contributed by atoms with Crippen molar-refractivity contribution >= 4 is 11.8 Å². The van der Waals surface area contributed by atoms with Crippen LogP contribution in [0, 0.1) is 0 Å². The molecule has 1 aromatic rings. The molecule has 19 heavy (non-hydrogen) atoms. The summed E-state index contributed by atoms with van der Waals surface area (Å²) < 4.78 is 20.1. The predicted molar refractivity (Wildman–Crippen MR) is 71.6 cm³/mol. The molecule has 0 bridgehead atoms. The summed E-state index contributed by atoms with van der Waals surface area (Å²) in [6.45, 7) is 3.13. The van der Waals surface area contributed by atoms with Crippen LogP contribution < -0.4 is 16.4 Å². The maximum absolute atomic E-state index is 14.6. The fraction of sp³-hybridized carbons (Fsp3) is 0.667. The van der Waals surface area contributed by atoms with Crippen LogP contribution in [-0.4, -0.2) is 48.0 Å². The molecule has 2 atom stereocenters. The second kappa shape index (κ2) is 5.66. The SMILES string of the molecule is C[C@]1(F)CN(c2nccc(N)n2)CC[C@H]1OCCN. The lowest BCUT2D eigenvalue weighted by molar-refractivity contribution is -0.0592. The van der Waals surface area contributed by atoms with Crippen molar-refractivity contribution in [1.29, 1.82) is 0 Å². The Morgan fingerprint density at radius 3 is 3.05 bits per heavy atom. The lowest BCUT2D eigenvalue weighted by Gasteiger charge is -2.40. The molecule has 2 heterocycles. The van der Waals surface area contributed by atoms with Crippen LogP contribution in [0.2, 0.25) is 0 Å². The Balaban J connectivity index is 2.05. The van der Waals surface area contributed by atoms with Gasteiger partial charge in [0.25, 0.3) is 0 Å². The molecule has 7 heteroatoms. The van der Waals surface area contributed by atoms with E-state index < -0.39 is 11.8 Å². The Morgan fingerprint density at radius 1 is 1.63 bits per heavy atom. The number of rotatable bonds is 4. The van der Waals surface area contributed by atoms with E-state index in [9.17, 15) is 4.39 Å². The number of nitrogens with two attached hydrogens (primary N) is 2. The highest BCUT2D eigenvalue weighted by Gasteiger charge is 2.41. The molecule has 1 aromatic heterocycles. The van der Waals surface area contributed by atoms with Gasteiger partial charge in [0.05, 0.1) is 19.3 Å². The van der Waals surface area contributed by atoms with Crippen molar-refractivity contribution in [1.82, 2.24) is 9.97 Å². The third kappa shape index (κ3) is 3.30. The number of halogens is 1. The summed E-state index contributed by atoms with van der Waals surface area (Å²) in [5.74, 6) is 0.841. The van der Waals surface area contributed by atoms with Gasteiger partial charge in [0.15, 0.2) is 5.67 Å². The summed E-state index contributed by atoms with van der Waals surface area (Å²) in [4.78, 5) is 10.0. The van der Waals surface area contributed by atoms with Crippen LogP contribution in [0.3, 0.4) is 0 Å². The molecule has 2 rings (SSSR count). The highest BCUT2D eigenvalue weighted by Crippen LogP contribution is 2.29. The van der Waals surface area contributed by atoms with Crippen LogP contribution >= 0.6 is 0 Å². The number of nitrogen functional groups attached to an aromatic ring is 1. The van der Waals surface area contributed by atoms with E-state index in [2.05, 4.69) is 9.97 Å². The monoisotopic (exact) mass is 269 g/mol. The van der Waals surface area contributed by atoms with E-state index in [0.717, 1.165) is 0 Å². The molecule has 1 fully saturated rings. The van der Waals surface area contributed by atoms with Gasteiger partial charge >= 0.3 is 0 Å². The zero-order valence-corrected chi connectivity index (χ0v) is 11.1. The molecule has 0 aromatic carbocycles. The van der Waals surface area contributed by atoms with E-state index >= 15 is 0 Å². The summed E-state index contributed by atoms with van der Waals surface area (Å²) in [6, 6.07) is 1.61. The molecular formula is C12H20FN5O. The van der Waals surface area contributed by atoms with Crippen LogP contribution in [0.15, 0.2) is 12.3 Å². The summed E-state index contributed by atoms with van der Waals surface area (Å²) in [7, 11) is 0. The Hall–Kier alpha value is -1.47. The predicted octanol–water partition coefficient (Wildman–Crippen LogP) is 0.341. The zero-order chi connectivity index (χ0) is 13.9. The first kappa shape index (κ1) is 14.0. The highest BCUT2D eigenvalue weighted by molar-refractivity contribution is 5.38. The Bertz CT molecular complexity index is 428. The van der Waals surface area contributed by atoms with Crippen LogP contribution in [0.1, 0.15) is 13.3 Å². The smallest absolute Gasteiger partial charge is 0.227 e. The Labute approximate surface area is 112 Å². The lowest BCUT2D eigenvalue weighted by Crippen LogP contribution is -2.54. The van der Waals surface area contributed by atoms with E-state index in [1.54, 1.807) is 17.2 Å². The molecule has 1 saturated heterocycles. The van der Waals surface area contributed by atoms with Gasteiger partial charge in [-0.2, -0.15) is 4.98 Å². The van der Waals surface area contributed by atoms with E-state index in [4.69, 9.17) is 16.2 Å². The van der Waals surface area contributed by atoms with Gasteiger partial charge in [-0.05, 0) is 19.4 Å². The fourth-order valence-corrected chi connectivity index (χ4v) is 2.28. The molecule has 0 aliphatic carbocycles. The number of hydrogen-bond donors (Lipinski definition) is 2. The van der Waals surface area contributed by atoms with Crippen LogP contribution in [0.25, 0.3) is 0 Å². The molecule has 4 N–H and O–H groups in total. The van der Waals surface area contributed by atoms with Gasteiger partial charge in [-0.25, -0.2) is 9.37 Å². The summed E-state index contributed by atoms with van der Waals surface area (Å²) in [6.07, 6.45) is 1.71. The summed E-state index contributed by atoms with van der Waals surface area (Å²) in [5, 5.41) is 0. The second-order valence-corrected chi connectivity index (χ2v) is 4.92. The van der Waals surface area contributed by atoms with E-state index in [1.165, 1.54) is 6.92 Å². The minimum atomic E-state index is -1.46. The van der Waals surface area contributed by atoms with Gasteiger partial charge in [0, 0.05) is 19.3 Å². The molecule has 0 amide bonds. The second-order valence-electron chi connectivity index (χ2n) is 4.92. The van der Waals surface area contributed by atoms with Crippen molar-refractivity contribution in [2.45, 2.75) is 25.1 Å². The lowest BCUT2D eigenvalue weighted by atomic mass is 9.93. The molecule has 106 valence electrons. The number of aromatic nitrogens is 2. The van der Waals surface area contributed by atoms with E-state index in [-0.39, 0.29) is 6.54 Å². The summed E-state index contributed by atoms with van der Waals surface area (Å²) >= 11 is 0. The molecule has 0 unspecified atom stereocenters. The average molecular weight is 269 g/mol. The first-order chi connectivity index (χ1) is 9.03. The van der Waals surface area contributed by atoms with Crippen molar-refractivity contribution in [3.63, 3.8) is 0 Å². The standard InChI is InChI=1S/C12H20FN5O/c1-12(13)8-18(6-3-9(12)19-7-4-14)11-16-5-2-10(15)17-11/h2,5,9H,3-4,6-8,14H2,1H3,(H2,15,16,17)/t9-,12+/m1/s1. The minimum Gasteiger partial charge on any atom is -0.384 e. The largest absolute Gasteiger partial charge is 0.384 e. The Kier molecular flexibility index (Phi) is 4.16. The molecule has 0 radical (unpaired) electrons. The van der Waals surface area contributed by atoms with Gasteiger partial charge in [0.2, 0.25) is 5.95 Å². The Morgan fingerprint density at radius 2 is 2.42 bits per heavy atom. The average Bonchev–Trinajstić information content (AvgIpc) is 2.36. The van der Waals surface area contributed by atoms with E-state index in [0.29, 0.717) is 37.9 Å². The van der Waals surface area contributed by atoms with Gasteiger partial charge in [0.1, 0.15) is 5.82 Å². The molecular weight excluding hydrogens is 249 g/mol. The molecule has 1 aliphatic heterocycles. The number of ether oxygens (including phenoxy) is 1. The first-order valence-electron chi connectivity index (χ1n) is 6.37. The van der Waals surface area contributed by atoms with Crippen LogP contribution in [-0.2, 0) is 4.74 Å². The van der Waals surface area contributed by atoms with E-state index in [1.807, 2.05) is 0 Å². The number of alkyl halides is 1. The minimum absolute atomic E-state index is 0.186. The first-order valence-corrected chi connectivity index (χ1v) is 6.37. The number of hydrogen-bond acceptors (Lipinski definition) is 6. The molecule has 1 aliphatic rings. The normalized spacial score (nSPS) is 27.5. The van der Waals surface area contributed by atoms with Gasteiger partial charge in [-0.15, -0.1) is 0 Å². The van der Waals surface area contributed by atoms with Crippen molar-refractivity contribution in [3.8, 4) is 0 Å². The van der Waals surface area contributed by atoms with Crippen molar-refractivity contribution in [3.05, 3.63) is 12.3 Å². The number of nitrogens with zero attached hydrogens (tertiary/aromatic N) is 3. The fourth-order valence-electron chi connectivity index (χ4n) is 2.28.